The number of hydrogen-bond donors (Lipinski definition) is 0. The van der Waals surface area contributed by atoms with Crippen molar-refractivity contribution in [2.45, 2.75) is 6.92 Å². The highest BCUT2D eigenvalue weighted by molar-refractivity contribution is 6.25. The molecule has 0 saturated heterocycles. The van der Waals surface area contributed by atoms with Crippen molar-refractivity contribution in [1.29, 1.82) is 0 Å². The van der Waals surface area contributed by atoms with Gasteiger partial charge in [-0.2, -0.15) is 0 Å². The summed E-state index contributed by atoms with van der Waals surface area (Å²) >= 11 is 0. The lowest BCUT2D eigenvalue weighted by atomic mass is 10.0. The van der Waals surface area contributed by atoms with Crippen LogP contribution in [0.3, 0.4) is 0 Å². The molecule has 0 unspecified atom stereocenters. The molecular formula is C21H15N2O+. The highest BCUT2D eigenvalue weighted by Gasteiger charge is 2.24. The van der Waals surface area contributed by atoms with Crippen LogP contribution in [0.1, 0.15) is 5.56 Å². The smallest absolute Gasteiger partial charge is 0.228 e. The first-order valence-electron chi connectivity index (χ1n) is 8.19. The zero-order chi connectivity index (χ0) is 16.0. The van der Waals surface area contributed by atoms with Gasteiger partial charge in [-0.05, 0) is 18.6 Å². The van der Waals surface area contributed by atoms with E-state index in [1.54, 1.807) is 0 Å². The largest absolute Gasteiger partial charge is 0.462 e. The molecule has 4 aromatic heterocycles. The molecule has 3 nitrogen and oxygen atoms in total. The van der Waals surface area contributed by atoms with E-state index in [-0.39, 0.29) is 0 Å². The summed E-state index contributed by atoms with van der Waals surface area (Å²) in [5.41, 5.74) is 7.14. The lowest BCUT2D eigenvalue weighted by Gasteiger charge is -2.08. The fourth-order valence-electron chi connectivity index (χ4n) is 4.33. The third-order valence-corrected chi connectivity index (χ3v) is 5.36. The van der Waals surface area contributed by atoms with Crippen molar-refractivity contribution in [3.8, 4) is 0 Å². The summed E-state index contributed by atoms with van der Waals surface area (Å²) in [6.45, 7) is 2.20. The van der Waals surface area contributed by atoms with Crippen LogP contribution in [0.15, 0.2) is 59.3 Å². The Morgan fingerprint density at radius 2 is 1.79 bits per heavy atom. The van der Waals surface area contributed by atoms with Gasteiger partial charge in [-0.1, -0.05) is 30.3 Å². The Hall–Kier alpha value is -3.07. The Morgan fingerprint density at radius 1 is 0.917 bits per heavy atom. The number of nitrogens with zero attached hydrogens (tertiary/aromatic N) is 2. The number of hydrogen-bond acceptors (Lipinski definition) is 1. The van der Waals surface area contributed by atoms with Gasteiger partial charge in [0.25, 0.3) is 0 Å². The zero-order valence-electron chi connectivity index (χ0n) is 13.5. The molecule has 114 valence electrons. The summed E-state index contributed by atoms with van der Waals surface area (Å²) in [6.07, 6.45) is 3.98. The summed E-state index contributed by atoms with van der Waals surface area (Å²) in [5, 5.41) is 5.10. The van der Waals surface area contributed by atoms with E-state index in [0.29, 0.717) is 0 Å². The third-order valence-electron chi connectivity index (χ3n) is 5.36. The molecule has 2 aromatic carbocycles. The zero-order valence-corrected chi connectivity index (χ0v) is 13.5. The molecule has 0 spiro atoms. The average Bonchev–Trinajstić information content (AvgIpc) is 3.16. The molecule has 6 rings (SSSR count). The van der Waals surface area contributed by atoms with Crippen molar-refractivity contribution in [2.75, 3.05) is 0 Å². The molecule has 0 aliphatic heterocycles. The topological polar surface area (TPSA) is 21.4 Å². The van der Waals surface area contributed by atoms with Crippen molar-refractivity contribution in [3.63, 3.8) is 0 Å². The number of fused-ring (bicyclic) bond motifs is 5. The summed E-state index contributed by atoms with van der Waals surface area (Å²) < 4.78 is 10.5. The summed E-state index contributed by atoms with van der Waals surface area (Å²) in [6, 6.07) is 15.2. The van der Waals surface area contributed by atoms with E-state index in [9.17, 15) is 0 Å². The van der Waals surface area contributed by atoms with Crippen LogP contribution in [-0.4, -0.2) is 4.40 Å². The molecule has 0 aliphatic rings. The van der Waals surface area contributed by atoms with E-state index in [4.69, 9.17) is 4.42 Å². The minimum atomic E-state index is 0.943. The first kappa shape index (κ1) is 12.4. The predicted octanol–water partition coefficient (Wildman–Crippen LogP) is 4.72. The Labute approximate surface area is 137 Å². The van der Waals surface area contributed by atoms with Gasteiger partial charge in [-0.25, -0.2) is 4.57 Å². The molecule has 0 N–H and O–H groups in total. The van der Waals surface area contributed by atoms with Gasteiger partial charge in [0.15, 0.2) is 6.20 Å². The Kier molecular flexibility index (Phi) is 2.00. The molecule has 0 amide bonds. The third kappa shape index (κ3) is 1.21. The van der Waals surface area contributed by atoms with E-state index >= 15 is 0 Å². The molecule has 0 aliphatic carbocycles. The number of aromatic nitrogens is 2. The Balaban J connectivity index is 2.18. The van der Waals surface area contributed by atoms with Crippen molar-refractivity contribution in [2.24, 2.45) is 7.05 Å². The second-order valence-corrected chi connectivity index (χ2v) is 6.64. The number of aryl methyl sites for hydroxylation is 2. The van der Waals surface area contributed by atoms with Gasteiger partial charge in [-0.3, -0.25) is 0 Å². The van der Waals surface area contributed by atoms with Crippen LogP contribution in [0, 0.1) is 6.92 Å². The monoisotopic (exact) mass is 311 g/mol. The van der Waals surface area contributed by atoms with Crippen molar-refractivity contribution < 1.29 is 8.98 Å². The van der Waals surface area contributed by atoms with Gasteiger partial charge < -0.3 is 8.82 Å². The summed E-state index contributed by atoms with van der Waals surface area (Å²) in [4.78, 5) is 0. The number of para-hydroxylation sites is 1. The van der Waals surface area contributed by atoms with E-state index in [2.05, 4.69) is 71.6 Å². The molecule has 0 bridgehead atoms. The van der Waals surface area contributed by atoms with Crippen molar-refractivity contribution in [1.82, 2.24) is 4.40 Å². The number of rotatable bonds is 0. The molecular weight excluding hydrogens is 296 g/mol. The first-order valence-corrected chi connectivity index (χ1v) is 8.19. The maximum Gasteiger partial charge on any atom is 0.228 e. The van der Waals surface area contributed by atoms with Gasteiger partial charge in [-0.15, -0.1) is 0 Å². The van der Waals surface area contributed by atoms with Crippen molar-refractivity contribution >= 4 is 49.2 Å². The maximum absolute atomic E-state index is 5.90. The molecule has 0 atom stereocenters. The molecule has 0 radical (unpaired) electrons. The SMILES string of the molecule is Cc1ccc2c3ccccc3n3c4coc5cc[n+](C)c(c1c23)c54. The number of furan rings is 1. The van der Waals surface area contributed by atoms with E-state index in [1.807, 2.05) is 6.26 Å². The molecule has 3 heteroatoms. The van der Waals surface area contributed by atoms with Crippen LogP contribution in [0.2, 0.25) is 0 Å². The lowest BCUT2D eigenvalue weighted by molar-refractivity contribution is -0.643. The second kappa shape index (κ2) is 3.88. The number of pyridine rings is 2. The van der Waals surface area contributed by atoms with E-state index < -0.39 is 0 Å². The summed E-state index contributed by atoms with van der Waals surface area (Å²) in [7, 11) is 2.11. The van der Waals surface area contributed by atoms with Crippen LogP contribution in [0.4, 0.5) is 0 Å². The highest BCUT2D eigenvalue weighted by Crippen LogP contribution is 2.40. The van der Waals surface area contributed by atoms with Crippen LogP contribution < -0.4 is 4.57 Å². The van der Waals surface area contributed by atoms with Crippen LogP contribution >= 0.6 is 0 Å². The molecule has 4 heterocycles. The maximum atomic E-state index is 5.90. The standard InChI is InChI=1S/C21H15N2O/c1-12-7-8-14-13-5-3-4-6-15(13)23-16-11-24-17-9-10-22(2)21(19(16)17)18(12)20(14)23/h3-11H,1-2H3/q+1. The van der Waals surface area contributed by atoms with Gasteiger partial charge in [0, 0.05) is 16.8 Å². The van der Waals surface area contributed by atoms with Gasteiger partial charge in [0.05, 0.1) is 21.9 Å². The molecule has 6 aromatic rings. The van der Waals surface area contributed by atoms with Crippen LogP contribution in [0.5, 0.6) is 0 Å². The minimum Gasteiger partial charge on any atom is -0.462 e. The van der Waals surface area contributed by atoms with Gasteiger partial charge >= 0.3 is 0 Å². The highest BCUT2D eigenvalue weighted by atomic mass is 16.3. The van der Waals surface area contributed by atoms with Crippen molar-refractivity contribution in [3.05, 3.63) is 60.5 Å². The fourth-order valence-corrected chi connectivity index (χ4v) is 4.33. The minimum absolute atomic E-state index is 0.943. The molecule has 24 heavy (non-hydrogen) atoms. The lowest BCUT2D eigenvalue weighted by Crippen LogP contribution is -2.28. The Bertz CT molecular complexity index is 1420. The summed E-state index contributed by atoms with van der Waals surface area (Å²) in [5.74, 6) is 0. The van der Waals surface area contributed by atoms with E-state index in [1.165, 1.54) is 43.7 Å². The first-order chi connectivity index (χ1) is 11.8. The Morgan fingerprint density at radius 3 is 2.71 bits per heavy atom. The predicted molar refractivity (Wildman–Crippen MR) is 96.8 cm³/mol. The normalized spacial score (nSPS) is 12.6. The van der Waals surface area contributed by atoms with Crippen LogP contribution in [-0.2, 0) is 7.05 Å². The van der Waals surface area contributed by atoms with Gasteiger partial charge in [0.1, 0.15) is 24.3 Å². The molecule has 0 fully saturated rings. The van der Waals surface area contributed by atoms with Crippen LogP contribution in [0.25, 0.3) is 49.2 Å². The van der Waals surface area contributed by atoms with E-state index in [0.717, 1.165) is 11.1 Å². The molecule has 0 saturated carbocycles. The quantitative estimate of drug-likeness (QED) is 0.294. The second-order valence-electron chi connectivity index (χ2n) is 6.64. The average molecular weight is 311 g/mol. The fraction of sp³-hybridized carbons (Fsp3) is 0.0952. The van der Waals surface area contributed by atoms with Gasteiger partial charge in [0.2, 0.25) is 5.52 Å². The number of benzene rings is 2.